The molecule has 1 aromatic heterocycles. The maximum absolute atomic E-state index is 14.4. The molecule has 3 fully saturated rings. The number of nitrogens with zero attached hydrogens (tertiary/aromatic N) is 3. The van der Waals surface area contributed by atoms with Gasteiger partial charge in [0.1, 0.15) is 0 Å². The number of rotatable bonds is 5. The number of ether oxygens (including phenoxy) is 2. The molecule has 0 spiro atoms. The van der Waals surface area contributed by atoms with Crippen molar-refractivity contribution in [2.24, 2.45) is 16.7 Å². The van der Waals surface area contributed by atoms with Crippen molar-refractivity contribution >= 4 is 11.8 Å². The van der Waals surface area contributed by atoms with Crippen molar-refractivity contribution < 1.29 is 32.2 Å². The fourth-order valence-electron chi connectivity index (χ4n) is 6.93. The molecule has 41 heavy (non-hydrogen) atoms. The maximum atomic E-state index is 14.4. The van der Waals surface area contributed by atoms with Crippen molar-refractivity contribution in [2.45, 2.75) is 77.4 Å². The summed E-state index contributed by atoms with van der Waals surface area (Å²) in [6.45, 7) is 8.46. The minimum Gasteiger partial charge on any atom is -0.379 e. The molecule has 1 aliphatic carbocycles. The maximum Gasteiger partial charge on any atom is 0.417 e. The van der Waals surface area contributed by atoms with E-state index in [1.54, 1.807) is 23.0 Å². The van der Waals surface area contributed by atoms with E-state index in [0.29, 0.717) is 56.9 Å². The largest absolute Gasteiger partial charge is 0.417 e. The highest BCUT2D eigenvalue weighted by atomic mass is 19.4. The molecule has 1 saturated carbocycles. The predicted octanol–water partition coefficient (Wildman–Crippen LogP) is 3.59. The zero-order valence-electron chi connectivity index (χ0n) is 24.3. The number of pyridine rings is 1. The van der Waals surface area contributed by atoms with Crippen LogP contribution >= 0.6 is 0 Å². The van der Waals surface area contributed by atoms with Crippen LogP contribution in [0.3, 0.4) is 0 Å². The van der Waals surface area contributed by atoms with Gasteiger partial charge in [-0.2, -0.15) is 13.2 Å². The summed E-state index contributed by atoms with van der Waals surface area (Å²) < 4.78 is 51.4. The summed E-state index contributed by atoms with van der Waals surface area (Å²) in [5.41, 5.74) is -0.727. The van der Waals surface area contributed by atoms with Gasteiger partial charge in [-0.25, -0.2) is 0 Å². The first-order valence-electron chi connectivity index (χ1n) is 14.5. The van der Waals surface area contributed by atoms with Gasteiger partial charge in [0, 0.05) is 70.3 Å². The Bertz CT molecular complexity index is 1180. The Hall–Kier alpha value is -2.50. The van der Waals surface area contributed by atoms with Gasteiger partial charge in [0.15, 0.2) is 0 Å². The number of carbonyl (C=O) groups is 2. The second-order valence-corrected chi connectivity index (χ2v) is 13.1. The fourth-order valence-corrected chi connectivity index (χ4v) is 6.93. The minimum absolute atomic E-state index is 0.0543. The number of hydrogen-bond donors (Lipinski definition) is 1. The van der Waals surface area contributed by atoms with Crippen LogP contribution in [0.15, 0.2) is 24.4 Å². The molecule has 1 N–H and O–H groups in total. The number of nitrogens with one attached hydrogen (secondary N) is 1. The number of likely N-dealkylation sites (tertiary alicyclic amines) is 1. The molecule has 0 radical (unpaired) electrons. The summed E-state index contributed by atoms with van der Waals surface area (Å²) in [5.74, 6) is -0.250. The van der Waals surface area contributed by atoms with Crippen molar-refractivity contribution in [3.8, 4) is 0 Å². The Morgan fingerprint density at radius 2 is 2.02 bits per heavy atom. The smallest absolute Gasteiger partial charge is 0.379 e. The molecule has 11 heteroatoms. The first-order valence-corrected chi connectivity index (χ1v) is 14.5. The van der Waals surface area contributed by atoms with Crippen molar-refractivity contribution in [1.29, 1.82) is 0 Å². The van der Waals surface area contributed by atoms with Gasteiger partial charge >= 0.3 is 6.18 Å². The molecule has 5 atom stereocenters. The monoisotopic (exact) mass is 578 g/mol. The third kappa shape index (κ3) is 6.32. The average Bonchev–Trinajstić information content (AvgIpc) is 3.45. The van der Waals surface area contributed by atoms with Crippen LogP contribution in [0.5, 0.6) is 0 Å². The third-order valence-electron chi connectivity index (χ3n) is 9.05. The lowest BCUT2D eigenvalue weighted by atomic mass is 9.78. The molecule has 2 amide bonds. The van der Waals surface area contributed by atoms with E-state index in [1.807, 2.05) is 26.8 Å². The summed E-state index contributed by atoms with van der Waals surface area (Å²) in [7, 11) is 1.67. The molecular formula is C30H41F3N4O4. The van der Waals surface area contributed by atoms with Gasteiger partial charge in [0.05, 0.1) is 23.7 Å². The SMILES string of the molecule is CO[C@@H]1COCC[C@@H]1N[C@@H]1C[C@H]2CN(C(=O)/C=C/C(C)(C)C)C[C@@]2(C(=O)N2CCc3ncc(C(F)(F)F)cc3C2)C1. The normalized spacial score (nSPS) is 30.5. The second kappa shape index (κ2) is 11.3. The molecule has 0 unspecified atom stereocenters. The Balaban J connectivity index is 1.38. The van der Waals surface area contributed by atoms with Crippen molar-refractivity contribution in [2.75, 3.05) is 40.0 Å². The van der Waals surface area contributed by atoms with Crippen LogP contribution in [-0.2, 0) is 38.2 Å². The number of hydrogen-bond acceptors (Lipinski definition) is 6. The second-order valence-electron chi connectivity index (χ2n) is 13.1. The van der Waals surface area contributed by atoms with Gasteiger partial charge in [0.25, 0.3) is 0 Å². The van der Waals surface area contributed by atoms with E-state index in [2.05, 4.69) is 10.3 Å². The lowest BCUT2D eigenvalue weighted by molar-refractivity contribution is -0.144. The van der Waals surface area contributed by atoms with Crippen LogP contribution in [-0.4, -0.2) is 84.7 Å². The number of amides is 2. The number of aromatic nitrogens is 1. The Morgan fingerprint density at radius 1 is 1.24 bits per heavy atom. The highest BCUT2D eigenvalue weighted by Gasteiger charge is 2.59. The van der Waals surface area contributed by atoms with E-state index < -0.39 is 17.2 Å². The van der Waals surface area contributed by atoms with Gasteiger partial charge in [-0.15, -0.1) is 0 Å². The zero-order chi connectivity index (χ0) is 29.6. The highest BCUT2D eigenvalue weighted by Crippen LogP contribution is 2.51. The standard InChI is InChI=1S/C30H41F3N4O4/c1-28(2,3)8-5-26(38)37-16-21-12-22(35-24-7-10-41-17-25(24)40-4)13-29(21,18-37)27(39)36-9-6-23-19(15-36)11-20(14-34-23)30(31,32)33/h5,8,11,14,21-22,24-25,35H,6-7,9-10,12-13,15-18H2,1-4H3/b8-5+/t21-,22+,24-,25+,29-/m0/s1. The number of alkyl halides is 3. The van der Waals surface area contributed by atoms with E-state index in [-0.39, 0.29) is 47.9 Å². The Morgan fingerprint density at radius 3 is 2.73 bits per heavy atom. The number of halogens is 3. The summed E-state index contributed by atoms with van der Waals surface area (Å²) in [6, 6.07) is 1.28. The fraction of sp³-hybridized carbons (Fsp3) is 0.700. The summed E-state index contributed by atoms with van der Waals surface area (Å²) >= 11 is 0. The summed E-state index contributed by atoms with van der Waals surface area (Å²) in [5, 5.41) is 3.73. The Labute approximate surface area is 239 Å². The van der Waals surface area contributed by atoms with Gasteiger partial charge in [-0.1, -0.05) is 26.8 Å². The molecule has 2 saturated heterocycles. The van der Waals surface area contributed by atoms with Gasteiger partial charge in [-0.3, -0.25) is 14.6 Å². The quantitative estimate of drug-likeness (QED) is 0.538. The van der Waals surface area contributed by atoms with E-state index >= 15 is 0 Å². The van der Waals surface area contributed by atoms with Crippen LogP contribution in [0.2, 0.25) is 0 Å². The Kier molecular flexibility index (Phi) is 8.26. The van der Waals surface area contributed by atoms with Crippen LogP contribution < -0.4 is 5.32 Å². The van der Waals surface area contributed by atoms with Crippen molar-refractivity contribution in [3.05, 3.63) is 41.2 Å². The lowest BCUT2D eigenvalue weighted by Crippen LogP contribution is -2.52. The predicted molar refractivity (Wildman–Crippen MR) is 146 cm³/mol. The first kappa shape index (κ1) is 30.0. The summed E-state index contributed by atoms with van der Waals surface area (Å²) in [4.78, 5) is 35.1. The highest BCUT2D eigenvalue weighted by molar-refractivity contribution is 5.91. The third-order valence-corrected chi connectivity index (χ3v) is 9.05. The van der Waals surface area contributed by atoms with E-state index in [1.165, 1.54) is 0 Å². The van der Waals surface area contributed by atoms with Crippen LogP contribution in [0.4, 0.5) is 13.2 Å². The molecular weight excluding hydrogens is 537 g/mol. The topological polar surface area (TPSA) is 84.0 Å². The van der Waals surface area contributed by atoms with E-state index in [9.17, 15) is 22.8 Å². The molecule has 8 nitrogen and oxygen atoms in total. The number of carbonyl (C=O) groups excluding carboxylic acids is 2. The number of fused-ring (bicyclic) bond motifs is 2. The lowest BCUT2D eigenvalue weighted by Gasteiger charge is -2.37. The minimum atomic E-state index is -4.50. The molecule has 4 heterocycles. The van der Waals surface area contributed by atoms with E-state index in [4.69, 9.17) is 9.47 Å². The first-order chi connectivity index (χ1) is 19.3. The van der Waals surface area contributed by atoms with Gasteiger partial charge in [-0.05, 0) is 48.3 Å². The van der Waals surface area contributed by atoms with Crippen LogP contribution in [0.25, 0.3) is 0 Å². The molecule has 0 aromatic carbocycles. The molecule has 0 bridgehead atoms. The molecule has 226 valence electrons. The van der Waals surface area contributed by atoms with Gasteiger partial charge in [0.2, 0.25) is 11.8 Å². The number of allylic oxidation sites excluding steroid dienone is 1. The van der Waals surface area contributed by atoms with Crippen LogP contribution in [0.1, 0.15) is 56.9 Å². The van der Waals surface area contributed by atoms with E-state index in [0.717, 1.165) is 25.1 Å². The van der Waals surface area contributed by atoms with Crippen LogP contribution in [0, 0.1) is 16.7 Å². The van der Waals surface area contributed by atoms with Crippen molar-refractivity contribution in [3.63, 3.8) is 0 Å². The molecule has 1 aromatic rings. The van der Waals surface area contributed by atoms with Crippen molar-refractivity contribution in [1.82, 2.24) is 20.1 Å². The molecule has 4 aliphatic rings. The summed E-state index contributed by atoms with van der Waals surface area (Å²) in [6.07, 6.45) is 2.26. The molecule has 5 rings (SSSR count). The average molecular weight is 579 g/mol. The molecule has 3 aliphatic heterocycles. The number of methoxy groups -OCH3 is 1. The zero-order valence-corrected chi connectivity index (χ0v) is 24.3. The van der Waals surface area contributed by atoms with Gasteiger partial charge < -0.3 is 24.6 Å².